The van der Waals surface area contributed by atoms with Crippen molar-refractivity contribution in [1.29, 1.82) is 5.26 Å². The van der Waals surface area contributed by atoms with E-state index in [0.717, 1.165) is 11.3 Å². The van der Waals surface area contributed by atoms with E-state index in [0.29, 0.717) is 12.8 Å². The summed E-state index contributed by atoms with van der Waals surface area (Å²) < 4.78 is 13.0. The second-order valence-corrected chi connectivity index (χ2v) is 4.31. The molecule has 0 bridgehead atoms. The van der Waals surface area contributed by atoms with E-state index < -0.39 is 0 Å². The minimum absolute atomic E-state index is 0.0163. The first-order valence-electron chi connectivity index (χ1n) is 6.23. The Morgan fingerprint density at radius 2 is 1.74 bits per heavy atom. The van der Waals surface area contributed by atoms with Crippen molar-refractivity contribution in [2.45, 2.75) is 18.9 Å². The van der Waals surface area contributed by atoms with E-state index in [2.05, 4.69) is 11.4 Å². The molecule has 2 rings (SSSR count). The molecule has 3 heteroatoms. The summed E-state index contributed by atoms with van der Waals surface area (Å²) in [6.07, 6.45) is 1.15. The molecule has 0 aromatic heterocycles. The number of halogens is 1. The van der Waals surface area contributed by atoms with E-state index in [1.807, 2.05) is 30.3 Å². The Morgan fingerprint density at radius 3 is 2.37 bits per heavy atom. The maximum absolute atomic E-state index is 13.0. The third-order valence-electron chi connectivity index (χ3n) is 2.93. The lowest BCUT2D eigenvalue weighted by Crippen LogP contribution is -2.10. The summed E-state index contributed by atoms with van der Waals surface area (Å²) in [5, 5.41) is 12.1. The molecule has 1 unspecified atom stereocenters. The summed E-state index contributed by atoms with van der Waals surface area (Å²) in [6.45, 7) is 0. The van der Waals surface area contributed by atoms with Crippen LogP contribution in [0.5, 0.6) is 0 Å². The quantitative estimate of drug-likeness (QED) is 0.864. The van der Waals surface area contributed by atoms with Crippen molar-refractivity contribution < 1.29 is 4.39 Å². The monoisotopic (exact) mass is 254 g/mol. The number of nitrogens with one attached hydrogen (secondary N) is 1. The summed E-state index contributed by atoms with van der Waals surface area (Å²) >= 11 is 0. The number of hydrogen-bond acceptors (Lipinski definition) is 2. The number of nitriles is 1. The van der Waals surface area contributed by atoms with Gasteiger partial charge in [-0.1, -0.05) is 30.3 Å². The molecule has 0 saturated heterocycles. The zero-order valence-corrected chi connectivity index (χ0v) is 10.5. The van der Waals surface area contributed by atoms with Crippen LogP contribution in [-0.2, 0) is 0 Å². The Bertz CT molecular complexity index is 543. The number of nitrogens with zero attached hydrogens (tertiary/aromatic N) is 1. The molecule has 0 heterocycles. The third kappa shape index (κ3) is 3.82. The molecule has 0 fully saturated rings. The van der Waals surface area contributed by atoms with Crippen molar-refractivity contribution in [3.63, 3.8) is 0 Å². The van der Waals surface area contributed by atoms with Gasteiger partial charge in [0.25, 0.3) is 0 Å². The molecule has 96 valence electrons. The zero-order valence-electron chi connectivity index (χ0n) is 10.5. The van der Waals surface area contributed by atoms with Crippen LogP contribution < -0.4 is 5.32 Å². The largest absolute Gasteiger partial charge is 0.378 e. The molecule has 0 aliphatic rings. The molecule has 0 spiro atoms. The normalized spacial score (nSPS) is 11.6. The molecule has 2 nitrogen and oxygen atoms in total. The van der Waals surface area contributed by atoms with E-state index >= 15 is 0 Å². The van der Waals surface area contributed by atoms with Gasteiger partial charge in [-0.05, 0) is 36.2 Å². The van der Waals surface area contributed by atoms with Gasteiger partial charge in [-0.25, -0.2) is 4.39 Å². The van der Waals surface area contributed by atoms with E-state index in [9.17, 15) is 4.39 Å². The number of benzene rings is 2. The van der Waals surface area contributed by atoms with Crippen LogP contribution in [0.15, 0.2) is 54.6 Å². The van der Waals surface area contributed by atoms with Gasteiger partial charge in [0, 0.05) is 12.1 Å². The fourth-order valence-electron chi connectivity index (χ4n) is 1.96. The Balaban J connectivity index is 2.16. The topological polar surface area (TPSA) is 35.8 Å². The van der Waals surface area contributed by atoms with E-state index in [-0.39, 0.29) is 11.9 Å². The lowest BCUT2D eigenvalue weighted by Gasteiger charge is -2.19. The lowest BCUT2D eigenvalue weighted by atomic mass is 10.0. The average molecular weight is 254 g/mol. The van der Waals surface area contributed by atoms with Gasteiger partial charge in [0.1, 0.15) is 5.82 Å². The summed E-state index contributed by atoms with van der Waals surface area (Å²) in [5.41, 5.74) is 1.98. The predicted octanol–water partition coefficient (Wildman–Crippen LogP) is 4.28. The zero-order chi connectivity index (χ0) is 13.5. The van der Waals surface area contributed by atoms with Gasteiger partial charge < -0.3 is 5.32 Å². The van der Waals surface area contributed by atoms with Crippen LogP contribution in [0.3, 0.4) is 0 Å². The average Bonchev–Trinajstić information content (AvgIpc) is 2.45. The smallest absolute Gasteiger partial charge is 0.123 e. The van der Waals surface area contributed by atoms with Crippen molar-refractivity contribution >= 4 is 5.69 Å². The van der Waals surface area contributed by atoms with Crippen molar-refractivity contribution in [2.24, 2.45) is 0 Å². The van der Waals surface area contributed by atoms with Crippen LogP contribution in [0.2, 0.25) is 0 Å². The molecule has 0 aliphatic carbocycles. The highest BCUT2D eigenvalue weighted by molar-refractivity contribution is 5.45. The van der Waals surface area contributed by atoms with Crippen molar-refractivity contribution in [3.8, 4) is 6.07 Å². The first kappa shape index (κ1) is 13.1. The maximum Gasteiger partial charge on any atom is 0.123 e. The van der Waals surface area contributed by atoms with Gasteiger partial charge >= 0.3 is 0 Å². The fourth-order valence-corrected chi connectivity index (χ4v) is 1.96. The third-order valence-corrected chi connectivity index (χ3v) is 2.93. The van der Waals surface area contributed by atoms with Gasteiger partial charge in [0.2, 0.25) is 0 Å². The van der Waals surface area contributed by atoms with Crippen molar-refractivity contribution in [1.82, 2.24) is 0 Å². The molecular formula is C16H15FN2. The molecule has 19 heavy (non-hydrogen) atoms. The molecule has 1 atom stereocenters. The summed E-state index contributed by atoms with van der Waals surface area (Å²) in [5.74, 6) is -0.248. The number of rotatable bonds is 5. The second kappa shape index (κ2) is 6.55. The minimum Gasteiger partial charge on any atom is -0.378 e. The Morgan fingerprint density at radius 1 is 1.05 bits per heavy atom. The molecule has 0 radical (unpaired) electrons. The SMILES string of the molecule is N#CCCC(Nc1ccccc1)c1ccc(F)cc1. The maximum atomic E-state index is 13.0. The Labute approximate surface area is 112 Å². The molecule has 2 aromatic rings. The molecular weight excluding hydrogens is 239 g/mol. The molecule has 0 aliphatic heterocycles. The highest BCUT2D eigenvalue weighted by atomic mass is 19.1. The van der Waals surface area contributed by atoms with Crippen molar-refractivity contribution in [3.05, 3.63) is 66.0 Å². The molecule has 0 saturated carbocycles. The van der Waals surface area contributed by atoms with Crippen LogP contribution in [-0.4, -0.2) is 0 Å². The minimum atomic E-state index is -0.248. The van der Waals surface area contributed by atoms with Crippen molar-refractivity contribution in [2.75, 3.05) is 5.32 Å². The first-order chi connectivity index (χ1) is 9.29. The molecule has 0 amide bonds. The van der Waals surface area contributed by atoms with Crippen LogP contribution in [0, 0.1) is 17.1 Å². The fraction of sp³-hybridized carbons (Fsp3) is 0.188. The summed E-state index contributed by atoms with van der Waals surface area (Å²) in [7, 11) is 0. The second-order valence-electron chi connectivity index (χ2n) is 4.31. The molecule has 1 N–H and O–H groups in total. The van der Waals surface area contributed by atoms with E-state index in [1.54, 1.807) is 12.1 Å². The number of hydrogen-bond donors (Lipinski definition) is 1. The highest BCUT2D eigenvalue weighted by Crippen LogP contribution is 2.24. The summed E-state index contributed by atoms with van der Waals surface area (Å²) in [4.78, 5) is 0. The Hall–Kier alpha value is -2.34. The number of para-hydroxylation sites is 1. The van der Waals surface area contributed by atoms with Crippen LogP contribution in [0.1, 0.15) is 24.4 Å². The van der Waals surface area contributed by atoms with Gasteiger partial charge in [-0.15, -0.1) is 0 Å². The van der Waals surface area contributed by atoms with Gasteiger partial charge in [0.05, 0.1) is 12.1 Å². The predicted molar refractivity (Wildman–Crippen MR) is 74.1 cm³/mol. The first-order valence-corrected chi connectivity index (χ1v) is 6.23. The highest BCUT2D eigenvalue weighted by Gasteiger charge is 2.11. The van der Waals surface area contributed by atoms with Gasteiger partial charge in [-0.3, -0.25) is 0 Å². The van der Waals surface area contributed by atoms with Crippen LogP contribution in [0.25, 0.3) is 0 Å². The van der Waals surface area contributed by atoms with E-state index in [1.165, 1.54) is 12.1 Å². The van der Waals surface area contributed by atoms with Gasteiger partial charge in [0.15, 0.2) is 0 Å². The summed E-state index contributed by atoms with van der Waals surface area (Å²) in [6, 6.07) is 18.4. The number of anilines is 1. The molecule has 2 aromatic carbocycles. The standard InChI is InChI=1S/C16H15FN2/c17-14-10-8-13(9-11-14)16(7-4-12-18)19-15-5-2-1-3-6-15/h1-3,5-6,8-11,16,19H,4,7H2. The lowest BCUT2D eigenvalue weighted by molar-refractivity contribution is 0.624. The van der Waals surface area contributed by atoms with E-state index in [4.69, 9.17) is 5.26 Å². The Kier molecular flexibility index (Phi) is 4.52. The van der Waals surface area contributed by atoms with Crippen LogP contribution in [0.4, 0.5) is 10.1 Å². The van der Waals surface area contributed by atoms with Crippen LogP contribution >= 0.6 is 0 Å². The van der Waals surface area contributed by atoms with Gasteiger partial charge in [-0.2, -0.15) is 5.26 Å².